The Bertz CT molecular complexity index is 2690. The van der Waals surface area contributed by atoms with Crippen molar-refractivity contribution in [3.8, 4) is 22.3 Å². The molecule has 2 aliphatic heterocycles. The van der Waals surface area contributed by atoms with E-state index in [9.17, 15) is 25.9 Å². The maximum absolute atomic E-state index is 11.6. The summed E-state index contributed by atoms with van der Waals surface area (Å²) in [5, 5.41) is 24.5. The van der Waals surface area contributed by atoms with Crippen LogP contribution in [0.1, 0.15) is 64.5 Å². The van der Waals surface area contributed by atoms with Gasteiger partial charge < -0.3 is 4.90 Å². The van der Waals surface area contributed by atoms with E-state index in [1.807, 2.05) is 66.8 Å². The molecule has 14 nitrogen and oxygen atoms in total. The number of fused-ring (bicyclic) bond motifs is 2. The fourth-order valence-electron chi connectivity index (χ4n) is 8.30. The van der Waals surface area contributed by atoms with Crippen molar-refractivity contribution in [2.45, 2.75) is 74.0 Å². The second-order valence-electron chi connectivity index (χ2n) is 16.5. The fraction of sp³-hybridized carbons (Fsp3) is 0.298. The number of allylic oxidation sites excluding steroid dienone is 8. The first-order valence-electron chi connectivity index (χ1n) is 20.8. The van der Waals surface area contributed by atoms with Gasteiger partial charge >= 0.3 is 0 Å². The van der Waals surface area contributed by atoms with Crippen molar-refractivity contribution in [1.82, 2.24) is 0 Å². The summed E-state index contributed by atoms with van der Waals surface area (Å²) in [5.74, 6) is 0.328. The quantitative estimate of drug-likeness (QED) is 0.0110. The molecule has 0 atom stereocenters. The summed E-state index contributed by atoms with van der Waals surface area (Å²) < 4.78 is 76.5. The predicted molar refractivity (Wildman–Crippen MR) is 255 cm³/mol. The number of hydrogen-bond donors (Lipinski definition) is 4. The zero-order valence-corrected chi connectivity index (χ0v) is 39.6. The molecule has 4 aromatic rings. The molecule has 0 aromatic heterocycles. The summed E-state index contributed by atoms with van der Waals surface area (Å²) in [6.45, 7) is 9.97. The van der Waals surface area contributed by atoms with Crippen LogP contribution in [-0.4, -0.2) is 71.3 Å². The number of rotatable bonds is 22. The van der Waals surface area contributed by atoms with Gasteiger partial charge in [0.25, 0.3) is 20.2 Å². The predicted octanol–water partition coefficient (Wildman–Crippen LogP) is 10.9. The molecule has 18 heteroatoms. The van der Waals surface area contributed by atoms with Crippen molar-refractivity contribution < 1.29 is 59.8 Å². The zero-order chi connectivity index (χ0) is 46.8. The Morgan fingerprint density at radius 1 is 0.677 bits per heavy atom. The van der Waals surface area contributed by atoms with Gasteiger partial charge in [-0.2, -0.15) is 21.4 Å². The average Bonchev–Trinajstić information content (AvgIpc) is 3.61. The van der Waals surface area contributed by atoms with Crippen molar-refractivity contribution in [2.75, 3.05) is 29.5 Å². The van der Waals surface area contributed by atoms with E-state index in [0.717, 1.165) is 99.0 Å². The minimum atomic E-state index is -4.33. The smallest absolute Gasteiger partial charge is 0.294 e. The molecular formula is C47H53N2O12S4+. The molecule has 0 saturated carbocycles. The van der Waals surface area contributed by atoms with Crippen molar-refractivity contribution in [3.05, 3.63) is 144 Å². The summed E-state index contributed by atoms with van der Waals surface area (Å²) in [4.78, 5) is 2.77. The molecule has 0 saturated heterocycles. The van der Waals surface area contributed by atoms with Gasteiger partial charge in [-0.3, -0.25) is 9.11 Å². The number of nitrogens with zero attached hydrogens (tertiary/aromatic N) is 2. The minimum absolute atomic E-state index is 0.185. The van der Waals surface area contributed by atoms with E-state index in [1.54, 1.807) is 12.1 Å². The van der Waals surface area contributed by atoms with E-state index in [0.29, 0.717) is 25.1 Å². The van der Waals surface area contributed by atoms with E-state index in [4.69, 9.17) is 10.5 Å². The highest BCUT2D eigenvalue weighted by Gasteiger charge is 2.44. The first kappa shape index (κ1) is 50.0. The van der Waals surface area contributed by atoms with Gasteiger partial charge in [-0.1, -0.05) is 84.6 Å². The molecule has 0 amide bonds. The van der Waals surface area contributed by atoms with Crippen LogP contribution < -0.4 is 4.90 Å². The molecule has 2 aliphatic rings. The summed E-state index contributed by atoms with van der Waals surface area (Å²) in [6, 6.07) is 26.4. The number of benzene rings is 4. The maximum atomic E-state index is 11.6. The van der Waals surface area contributed by atoms with Gasteiger partial charge in [-0.25, -0.2) is 10.5 Å². The van der Waals surface area contributed by atoms with Crippen molar-refractivity contribution >= 4 is 61.4 Å². The van der Waals surface area contributed by atoms with Gasteiger partial charge in [0.15, 0.2) is 5.71 Å². The molecule has 6 rings (SSSR count). The average molecular weight is 966 g/mol. The maximum Gasteiger partial charge on any atom is 0.294 e. The highest BCUT2D eigenvalue weighted by molar-refractivity contribution is 7.94. The first-order valence-corrected chi connectivity index (χ1v) is 25.5. The number of hydrogen-bond acceptors (Lipinski definition) is 13. The summed E-state index contributed by atoms with van der Waals surface area (Å²) in [6.07, 6.45) is 16.6. The van der Waals surface area contributed by atoms with Crippen LogP contribution in [0.15, 0.2) is 143 Å². The molecule has 0 radical (unpaired) electrons. The third kappa shape index (κ3) is 12.5. The van der Waals surface area contributed by atoms with Crippen LogP contribution in [0.5, 0.6) is 0 Å². The molecular weight excluding hydrogens is 913 g/mol. The highest BCUT2D eigenvalue weighted by Crippen LogP contribution is 2.49. The number of unbranched alkanes of at least 4 members (excludes halogenated alkanes) is 2. The largest absolute Gasteiger partial charge is 0.344 e. The normalized spacial score (nSPS) is 16.5. The van der Waals surface area contributed by atoms with Crippen LogP contribution in [0.25, 0.3) is 22.3 Å². The topological polar surface area (TPSA) is 192 Å². The second-order valence-corrected chi connectivity index (χ2v) is 21.0. The van der Waals surface area contributed by atoms with Crippen molar-refractivity contribution in [3.63, 3.8) is 0 Å². The van der Waals surface area contributed by atoms with Crippen LogP contribution in [-0.2, 0) is 49.8 Å². The van der Waals surface area contributed by atoms with Crippen molar-refractivity contribution in [2.24, 2.45) is 0 Å². The van der Waals surface area contributed by atoms with Gasteiger partial charge in [0, 0.05) is 70.2 Å². The lowest BCUT2D eigenvalue weighted by molar-refractivity contribution is -0.438. The van der Waals surface area contributed by atoms with E-state index >= 15 is 0 Å². The van der Waals surface area contributed by atoms with Gasteiger partial charge in [0.2, 0.25) is 5.69 Å². The van der Waals surface area contributed by atoms with Crippen LogP contribution in [0.3, 0.4) is 0 Å². The SMILES string of the molecule is CC1(C)C(/C=C/C=C/C=C/C=C2/N(CCCCS(=O)(=O)O)c3ccc(-c4ccc(S(=O)(=O)O)cc4)cc3C2(C)C)=[N+](CCCCSOOO)c2ccc(-c3ccc(SOOO)cc3)cc21. The van der Waals surface area contributed by atoms with E-state index in [2.05, 4.69) is 92.3 Å². The van der Waals surface area contributed by atoms with Gasteiger partial charge in [-0.05, 0) is 116 Å². The lowest BCUT2D eigenvalue weighted by atomic mass is 9.80. The molecule has 0 aliphatic carbocycles. The van der Waals surface area contributed by atoms with Crippen LogP contribution in [0.2, 0.25) is 0 Å². The molecule has 0 fully saturated rings. The molecule has 4 N–H and O–H groups in total. The molecule has 0 spiro atoms. The molecule has 4 aromatic carbocycles. The van der Waals surface area contributed by atoms with E-state index in [1.165, 1.54) is 17.7 Å². The third-order valence-electron chi connectivity index (χ3n) is 11.5. The van der Waals surface area contributed by atoms with E-state index in [-0.39, 0.29) is 16.1 Å². The molecule has 65 heavy (non-hydrogen) atoms. The second kappa shape index (κ2) is 21.9. The minimum Gasteiger partial charge on any atom is -0.344 e. The summed E-state index contributed by atoms with van der Waals surface area (Å²) in [7, 11) is -8.42. The van der Waals surface area contributed by atoms with Crippen molar-refractivity contribution in [1.29, 1.82) is 0 Å². The monoisotopic (exact) mass is 965 g/mol. The summed E-state index contributed by atoms with van der Waals surface area (Å²) in [5.41, 5.74) is 9.41. The van der Waals surface area contributed by atoms with Crippen LogP contribution in [0.4, 0.5) is 11.4 Å². The molecule has 0 bridgehead atoms. The van der Waals surface area contributed by atoms with Crippen LogP contribution >= 0.6 is 24.1 Å². The lowest BCUT2D eigenvalue weighted by Crippen LogP contribution is -2.28. The molecule has 346 valence electrons. The first-order chi connectivity index (χ1) is 31.0. The molecule has 0 unspecified atom stereocenters. The van der Waals surface area contributed by atoms with Gasteiger partial charge in [-0.15, -0.1) is 8.67 Å². The Morgan fingerprint density at radius 2 is 1.29 bits per heavy atom. The Hall–Kier alpha value is -4.41. The third-order valence-corrected chi connectivity index (χ3v) is 14.4. The summed E-state index contributed by atoms with van der Waals surface area (Å²) >= 11 is 1.95. The Morgan fingerprint density at radius 3 is 1.95 bits per heavy atom. The fourth-order valence-corrected chi connectivity index (χ4v) is 10.1. The highest BCUT2D eigenvalue weighted by atomic mass is 32.2. The van der Waals surface area contributed by atoms with E-state index < -0.39 is 25.7 Å². The Kier molecular flexibility index (Phi) is 16.9. The Balaban J connectivity index is 1.23. The van der Waals surface area contributed by atoms with Gasteiger partial charge in [0.1, 0.15) is 6.54 Å². The number of anilines is 1. The van der Waals surface area contributed by atoms with Crippen LogP contribution in [0, 0.1) is 0 Å². The standard InChI is InChI=1S/C47H52N2O12S4/c1-46(2)40-32-36(34-16-22-38(23-17-34)63-61-59-51)20-26-42(40)48(28-10-12-30-62-60-58-50)44(46)14-8-6-5-7-9-15-45-47(3,4)41-33-37(35-18-24-39(25-19-35)65(55,56)57)21-27-43(41)49(45)29-11-13-31-64(52,53)54/h5-9,14-27,32-33H,10-13,28-31H2,1-4H3,(H3-,50,51,52,53,54,55,56,57)/p+1. The Labute approximate surface area is 389 Å². The lowest BCUT2D eigenvalue weighted by Gasteiger charge is -2.27. The molecule has 2 heterocycles. The zero-order valence-electron chi connectivity index (χ0n) is 36.4. The van der Waals surface area contributed by atoms with Gasteiger partial charge in [0.05, 0.1) is 28.1 Å².